The van der Waals surface area contributed by atoms with Gasteiger partial charge in [0.05, 0.1) is 15.7 Å². The van der Waals surface area contributed by atoms with Crippen LogP contribution in [-0.2, 0) is 0 Å². The lowest BCUT2D eigenvalue weighted by molar-refractivity contribution is 0.0695. The van der Waals surface area contributed by atoms with E-state index in [4.69, 9.17) is 9.84 Å². The lowest BCUT2D eigenvalue weighted by Crippen LogP contribution is -2.04. The zero-order valence-corrected chi connectivity index (χ0v) is 11.3. The molecule has 1 aromatic carbocycles. The van der Waals surface area contributed by atoms with E-state index in [-0.39, 0.29) is 23.0 Å². The third-order valence-electron chi connectivity index (χ3n) is 2.28. The van der Waals surface area contributed by atoms with Gasteiger partial charge in [-0.1, -0.05) is 0 Å². The van der Waals surface area contributed by atoms with Gasteiger partial charge in [0.2, 0.25) is 0 Å². The molecule has 0 bridgehead atoms. The molecule has 0 radical (unpaired) electrons. The van der Waals surface area contributed by atoms with Crippen molar-refractivity contribution in [1.82, 2.24) is 9.97 Å². The number of ether oxygens (including phenoxy) is 1. The van der Waals surface area contributed by atoms with Crippen LogP contribution < -0.4 is 4.74 Å². The maximum Gasteiger partial charge on any atom is 0.339 e. The Morgan fingerprint density at radius 2 is 2.21 bits per heavy atom. The number of aryl methyl sites for hydroxylation is 1. The summed E-state index contributed by atoms with van der Waals surface area (Å²) >= 11 is 3.20. The number of carbonyl (C=O) groups is 1. The summed E-state index contributed by atoms with van der Waals surface area (Å²) in [6, 6.07) is 3.89. The van der Waals surface area contributed by atoms with E-state index in [1.165, 1.54) is 25.1 Å². The van der Waals surface area contributed by atoms with E-state index in [1.807, 2.05) is 0 Å². The summed E-state index contributed by atoms with van der Waals surface area (Å²) in [4.78, 5) is 18.5. The molecule has 0 saturated heterocycles. The normalized spacial score (nSPS) is 10.3. The Kier molecular flexibility index (Phi) is 3.75. The molecule has 0 unspecified atom stereocenters. The summed E-state index contributed by atoms with van der Waals surface area (Å²) < 4.78 is 18.9. The fourth-order valence-corrected chi connectivity index (χ4v) is 1.69. The molecule has 19 heavy (non-hydrogen) atoms. The third-order valence-corrected chi connectivity index (χ3v) is 2.94. The fourth-order valence-electron chi connectivity index (χ4n) is 1.36. The molecule has 2 aromatic rings. The molecule has 0 saturated carbocycles. The van der Waals surface area contributed by atoms with Gasteiger partial charge >= 0.3 is 12.0 Å². The van der Waals surface area contributed by atoms with Crippen LogP contribution in [-0.4, -0.2) is 21.0 Å². The first-order chi connectivity index (χ1) is 8.97. The summed E-state index contributed by atoms with van der Waals surface area (Å²) in [5.41, 5.74) is 0.260. The van der Waals surface area contributed by atoms with Gasteiger partial charge in [-0.05, 0) is 35.0 Å². The van der Waals surface area contributed by atoms with Crippen LogP contribution in [0.15, 0.2) is 28.9 Å². The fraction of sp³-hybridized carbons (Fsp3) is 0.0833. The zero-order valence-electron chi connectivity index (χ0n) is 9.72. The SMILES string of the molecule is Cc1nc(Oc2cc(F)ccc2Br)ncc1C(=O)O. The quantitative estimate of drug-likeness (QED) is 0.937. The van der Waals surface area contributed by atoms with Crippen molar-refractivity contribution in [2.75, 3.05) is 0 Å². The molecule has 0 aliphatic carbocycles. The first-order valence-corrected chi connectivity index (χ1v) is 5.96. The van der Waals surface area contributed by atoms with Crippen LogP contribution in [0.3, 0.4) is 0 Å². The van der Waals surface area contributed by atoms with Gasteiger partial charge in [0.25, 0.3) is 0 Å². The lowest BCUT2D eigenvalue weighted by atomic mass is 10.2. The van der Waals surface area contributed by atoms with E-state index in [0.717, 1.165) is 6.20 Å². The molecule has 0 amide bonds. The van der Waals surface area contributed by atoms with Crippen LogP contribution in [0.2, 0.25) is 0 Å². The molecule has 2 rings (SSSR count). The van der Waals surface area contributed by atoms with Crippen molar-refractivity contribution in [1.29, 1.82) is 0 Å². The zero-order chi connectivity index (χ0) is 14.0. The minimum absolute atomic E-state index is 0.00865. The van der Waals surface area contributed by atoms with E-state index in [9.17, 15) is 9.18 Å². The molecule has 0 aliphatic heterocycles. The second kappa shape index (κ2) is 5.31. The number of benzene rings is 1. The van der Waals surface area contributed by atoms with Crippen molar-refractivity contribution in [3.63, 3.8) is 0 Å². The van der Waals surface area contributed by atoms with E-state index in [0.29, 0.717) is 4.47 Å². The van der Waals surface area contributed by atoms with Gasteiger partial charge in [-0.15, -0.1) is 0 Å². The van der Waals surface area contributed by atoms with Gasteiger partial charge < -0.3 is 9.84 Å². The Labute approximate surface area is 116 Å². The Hall–Kier alpha value is -2.02. The van der Waals surface area contributed by atoms with Crippen LogP contribution in [0, 0.1) is 12.7 Å². The molecule has 1 N–H and O–H groups in total. The Balaban J connectivity index is 2.31. The maximum atomic E-state index is 13.1. The summed E-state index contributed by atoms with van der Waals surface area (Å²) in [5.74, 6) is -1.37. The monoisotopic (exact) mass is 326 g/mol. The smallest absolute Gasteiger partial charge is 0.339 e. The van der Waals surface area contributed by atoms with Gasteiger partial charge in [0.15, 0.2) is 0 Å². The van der Waals surface area contributed by atoms with Crippen molar-refractivity contribution in [2.24, 2.45) is 0 Å². The van der Waals surface area contributed by atoms with Crippen LogP contribution in [0.5, 0.6) is 11.8 Å². The second-order valence-corrected chi connectivity index (χ2v) is 4.49. The predicted octanol–water partition coefficient (Wildman–Crippen LogP) is 3.18. The van der Waals surface area contributed by atoms with Gasteiger partial charge in [0, 0.05) is 12.3 Å². The number of halogens is 2. The summed E-state index contributed by atoms with van der Waals surface area (Å²) in [6.07, 6.45) is 1.15. The third kappa shape index (κ3) is 3.05. The number of aromatic nitrogens is 2. The summed E-state index contributed by atoms with van der Waals surface area (Å²) in [5, 5.41) is 8.85. The van der Waals surface area contributed by atoms with Crippen LogP contribution in [0.4, 0.5) is 4.39 Å². The highest BCUT2D eigenvalue weighted by Crippen LogP contribution is 2.28. The molecule has 1 aromatic heterocycles. The van der Waals surface area contributed by atoms with Crippen LogP contribution in [0.1, 0.15) is 16.1 Å². The minimum Gasteiger partial charge on any atom is -0.478 e. The van der Waals surface area contributed by atoms with E-state index < -0.39 is 11.8 Å². The highest BCUT2D eigenvalue weighted by molar-refractivity contribution is 9.10. The minimum atomic E-state index is -1.11. The largest absolute Gasteiger partial charge is 0.478 e. The van der Waals surface area contributed by atoms with Gasteiger partial charge in [-0.3, -0.25) is 0 Å². The van der Waals surface area contributed by atoms with Crippen molar-refractivity contribution < 1.29 is 19.0 Å². The topological polar surface area (TPSA) is 72.3 Å². The Morgan fingerprint density at radius 1 is 1.47 bits per heavy atom. The molecular formula is C12H8BrFN2O3. The first-order valence-electron chi connectivity index (χ1n) is 5.17. The average molecular weight is 327 g/mol. The molecule has 0 spiro atoms. The number of aromatic carboxylic acids is 1. The first kappa shape index (κ1) is 13.4. The highest BCUT2D eigenvalue weighted by Gasteiger charge is 2.12. The molecule has 0 atom stereocenters. The number of carboxylic acid groups (broad SMARTS) is 1. The van der Waals surface area contributed by atoms with Gasteiger partial charge in [0.1, 0.15) is 11.6 Å². The standard InChI is InChI=1S/C12H8BrFN2O3/c1-6-8(11(17)18)5-15-12(16-6)19-10-4-7(14)2-3-9(10)13/h2-5H,1H3,(H,17,18). The maximum absolute atomic E-state index is 13.1. The van der Waals surface area contributed by atoms with E-state index in [1.54, 1.807) is 0 Å². The van der Waals surface area contributed by atoms with Gasteiger partial charge in [-0.25, -0.2) is 14.2 Å². The number of hydrogen-bond donors (Lipinski definition) is 1. The Morgan fingerprint density at radius 3 is 2.84 bits per heavy atom. The molecule has 7 heteroatoms. The van der Waals surface area contributed by atoms with Gasteiger partial charge in [-0.2, -0.15) is 4.98 Å². The van der Waals surface area contributed by atoms with Crippen LogP contribution >= 0.6 is 15.9 Å². The molecule has 0 aliphatic rings. The van der Waals surface area contributed by atoms with Crippen molar-refractivity contribution in [2.45, 2.75) is 6.92 Å². The number of hydrogen-bond acceptors (Lipinski definition) is 4. The molecule has 5 nitrogen and oxygen atoms in total. The summed E-state index contributed by atoms with van der Waals surface area (Å²) in [7, 11) is 0. The number of nitrogens with zero attached hydrogens (tertiary/aromatic N) is 2. The lowest BCUT2D eigenvalue weighted by Gasteiger charge is -2.07. The average Bonchev–Trinajstić information content (AvgIpc) is 2.33. The van der Waals surface area contributed by atoms with E-state index >= 15 is 0 Å². The van der Waals surface area contributed by atoms with Crippen molar-refractivity contribution in [3.05, 3.63) is 45.9 Å². The highest BCUT2D eigenvalue weighted by atomic mass is 79.9. The molecule has 0 fully saturated rings. The van der Waals surface area contributed by atoms with Crippen molar-refractivity contribution in [3.8, 4) is 11.8 Å². The molecule has 98 valence electrons. The molecular weight excluding hydrogens is 319 g/mol. The van der Waals surface area contributed by atoms with Crippen molar-refractivity contribution >= 4 is 21.9 Å². The molecule has 1 heterocycles. The number of rotatable bonds is 3. The number of carboxylic acids is 1. The predicted molar refractivity (Wildman–Crippen MR) is 67.9 cm³/mol. The Bertz CT molecular complexity index is 649. The summed E-state index contributed by atoms with van der Waals surface area (Å²) in [6.45, 7) is 1.53. The van der Waals surface area contributed by atoms with Crippen LogP contribution in [0.25, 0.3) is 0 Å². The second-order valence-electron chi connectivity index (χ2n) is 3.63. The van der Waals surface area contributed by atoms with E-state index in [2.05, 4.69) is 25.9 Å².